The SMILES string of the molecule is CC(=O)O.CN(NCCc1ccc(C(=O)c2ccccc2)cc1)C(=N)N. The first kappa shape index (κ1) is 20.9. The molecule has 0 aromatic heterocycles. The minimum atomic E-state index is -0.833. The highest BCUT2D eigenvalue weighted by molar-refractivity contribution is 6.08. The number of benzene rings is 2. The lowest BCUT2D eigenvalue weighted by molar-refractivity contribution is -0.134. The summed E-state index contributed by atoms with van der Waals surface area (Å²) in [6.07, 6.45) is 0.789. The van der Waals surface area contributed by atoms with Crippen molar-refractivity contribution in [1.82, 2.24) is 10.4 Å². The molecule has 0 aliphatic carbocycles. The van der Waals surface area contributed by atoms with Gasteiger partial charge in [0.15, 0.2) is 5.78 Å². The molecule has 0 saturated heterocycles. The fourth-order valence-electron chi connectivity index (χ4n) is 2.03. The molecule has 0 aliphatic rings. The number of nitrogens with one attached hydrogen (secondary N) is 2. The normalized spacial score (nSPS) is 9.62. The number of carbonyl (C=O) groups excluding carboxylic acids is 1. The number of carbonyl (C=O) groups is 2. The van der Waals surface area contributed by atoms with Gasteiger partial charge in [0.05, 0.1) is 0 Å². The summed E-state index contributed by atoms with van der Waals surface area (Å²) in [7, 11) is 1.70. The lowest BCUT2D eigenvalue weighted by atomic mass is 10.0. The molecule has 0 radical (unpaired) electrons. The molecular formula is C19H24N4O3. The number of carboxylic acids is 1. The van der Waals surface area contributed by atoms with E-state index in [9.17, 15) is 4.79 Å². The summed E-state index contributed by atoms with van der Waals surface area (Å²) in [4.78, 5) is 21.3. The lowest BCUT2D eigenvalue weighted by Gasteiger charge is -2.17. The number of ketones is 1. The quantitative estimate of drug-likeness (QED) is 0.271. The Morgan fingerprint density at radius 2 is 1.58 bits per heavy atom. The Morgan fingerprint density at radius 1 is 1.08 bits per heavy atom. The molecule has 0 atom stereocenters. The summed E-state index contributed by atoms with van der Waals surface area (Å²) in [5.74, 6) is -0.828. The van der Waals surface area contributed by atoms with Crippen molar-refractivity contribution in [3.8, 4) is 0 Å². The number of hydrogen-bond acceptors (Lipinski definition) is 4. The van der Waals surface area contributed by atoms with Gasteiger partial charge >= 0.3 is 0 Å². The van der Waals surface area contributed by atoms with Gasteiger partial charge in [0.2, 0.25) is 5.96 Å². The third-order valence-corrected chi connectivity index (χ3v) is 3.38. The Morgan fingerprint density at radius 3 is 2.08 bits per heavy atom. The van der Waals surface area contributed by atoms with E-state index in [0.29, 0.717) is 17.7 Å². The van der Waals surface area contributed by atoms with Crippen LogP contribution in [0.1, 0.15) is 28.4 Å². The van der Waals surface area contributed by atoms with Crippen LogP contribution in [0.15, 0.2) is 54.6 Å². The van der Waals surface area contributed by atoms with Crippen LogP contribution in [0.3, 0.4) is 0 Å². The molecule has 2 rings (SSSR count). The van der Waals surface area contributed by atoms with Crippen molar-refractivity contribution in [2.45, 2.75) is 13.3 Å². The molecule has 0 saturated carbocycles. The van der Waals surface area contributed by atoms with Gasteiger partial charge in [0.25, 0.3) is 5.97 Å². The molecule has 2 aromatic carbocycles. The number of nitrogens with two attached hydrogens (primary N) is 1. The van der Waals surface area contributed by atoms with Crippen molar-refractivity contribution >= 4 is 17.7 Å². The molecule has 7 heteroatoms. The zero-order chi connectivity index (χ0) is 19.5. The maximum atomic E-state index is 12.3. The Kier molecular flexibility index (Phi) is 8.52. The van der Waals surface area contributed by atoms with Gasteiger partial charge in [-0.2, -0.15) is 0 Å². The second-order valence-electron chi connectivity index (χ2n) is 5.51. The van der Waals surface area contributed by atoms with E-state index in [1.54, 1.807) is 7.05 Å². The van der Waals surface area contributed by atoms with Crippen molar-refractivity contribution in [3.05, 3.63) is 71.3 Å². The van der Waals surface area contributed by atoms with Gasteiger partial charge in [0.1, 0.15) is 0 Å². The predicted molar refractivity (Wildman–Crippen MR) is 101 cm³/mol. The van der Waals surface area contributed by atoms with Crippen LogP contribution in [0, 0.1) is 5.41 Å². The minimum absolute atomic E-state index is 0.0243. The highest BCUT2D eigenvalue weighted by Gasteiger charge is 2.08. The van der Waals surface area contributed by atoms with Crippen molar-refractivity contribution in [2.75, 3.05) is 13.6 Å². The van der Waals surface area contributed by atoms with Crippen molar-refractivity contribution < 1.29 is 14.7 Å². The molecule has 26 heavy (non-hydrogen) atoms. The average molecular weight is 356 g/mol. The Bertz CT molecular complexity index is 726. The predicted octanol–water partition coefficient (Wildman–Crippen LogP) is 1.88. The zero-order valence-corrected chi connectivity index (χ0v) is 14.9. The first-order valence-corrected chi connectivity index (χ1v) is 8.00. The second kappa shape index (κ2) is 10.6. The van der Waals surface area contributed by atoms with Gasteiger partial charge in [-0.1, -0.05) is 54.6 Å². The monoisotopic (exact) mass is 356 g/mol. The molecule has 0 bridgehead atoms. The maximum Gasteiger partial charge on any atom is 0.300 e. The number of rotatable bonds is 6. The van der Waals surface area contributed by atoms with E-state index in [-0.39, 0.29) is 11.7 Å². The van der Waals surface area contributed by atoms with E-state index in [4.69, 9.17) is 21.0 Å². The van der Waals surface area contributed by atoms with E-state index >= 15 is 0 Å². The van der Waals surface area contributed by atoms with Crippen LogP contribution >= 0.6 is 0 Å². The van der Waals surface area contributed by atoms with Crippen LogP contribution in [0.4, 0.5) is 0 Å². The maximum absolute atomic E-state index is 12.3. The molecule has 0 heterocycles. The van der Waals surface area contributed by atoms with Crippen LogP contribution in [0.25, 0.3) is 0 Å². The number of nitrogens with zero attached hydrogens (tertiary/aromatic N) is 1. The largest absolute Gasteiger partial charge is 0.481 e. The molecule has 0 fully saturated rings. The van der Waals surface area contributed by atoms with Crippen molar-refractivity contribution in [3.63, 3.8) is 0 Å². The van der Waals surface area contributed by atoms with Crippen molar-refractivity contribution in [1.29, 1.82) is 5.41 Å². The van der Waals surface area contributed by atoms with Crippen LogP contribution in [-0.2, 0) is 11.2 Å². The lowest BCUT2D eigenvalue weighted by Crippen LogP contribution is -2.44. The summed E-state index contributed by atoms with van der Waals surface area (Å²) in [6, 6.07) is 16.8. The summed E-state index contributed by atoms with van der Waals surface area (Å²) < 4.78 is 0. The molecule has 2 aromatic rings. The number of guanidine groups is 1. The summed E-state index contributed by atoms with van der Waals surface area (Å²) >= 11 is 0. The fraction of sp³-hybridized carbons (Fsp3) is 0.211. The van der Waals surface area contributed by atoms with Gasteiger partial charge < -0.3 is 10.8 Å². The number of hydrazine groups is 1. The van der Waals surface area contributed by atoms with E-state index in [2.05, 4.69) is 5.43 Å². The Balaban J connectivity index is 0.000000765. The van der Waals surface area contributed by atoms with Crippen LogP contribution in [0.2, 0.25) is 0 Å². The van der Waals surface area contributed by atoms with Gasteiger partial charge in [-0.25, -0.2) is 5.43 Å². The summed E-state index contributed by atoms with van der Waals surface area (Å²) in [5, 5.41) is 16.1. The Hall–Kier alpha value is -3.19. The zero-order valence-electron chi connectivity index (χ0n) is 14.9. The smallest absolute Gasteiger partial charge is 0.300 e. The highest BCUT2D eigenvalue weighted by Crippen LogP contribution is 2.11. The minimum Gasteiger partial charge on any atom is -0.481 e. The molecule has 0 aliphatic heterocycles. The third-order valence-electron chi connectivity index (χ3n) is 3.38. The van der Waals surface area contributed by atoms with Gasteiger partial charge in [-0.3, -0.25) is 20.0 Å². The van der Waals surface area contributed by atoms with Gasteiger partial charge in [0, 0.05) is 31.6 Å². The molecule has 5 N–H and O–H groups in total. The Labute approximate surface area is 152 Å². The topological polar surface area (TPSA) is 120 Å². The highest BCUT2D eigenvalue weighted by atomic mass is 16.4. The second-order valence-corrected chi connectivity index (χ2v) is 5.51. The molecule has 0 unspecified atom stereocenters. The van der Waals surface area contributed by atoms with Crippen LogP contribution in [-0.4, -0.2) is 41.4 Å². The molecule has 7 nitrogen and oxygen atoms in total. The summed E-state index contributed by atoms with van der Waals surface area (Å²) in [6.45, 7) is 1.75. The average Bonchev–Trinajstić information content (AvgIpc) is 2.62. The standard InChI is InChI=1S/C17H20N4O.C2H4O2/c1-21(17(18)19)20-12-11-13-7-9-15(10-8-13)16(22)14-5-3-2-4-6-14;1-2(3)4/h2-10,20H,11-12H2,1H3,(H3,18,19);1H3,(H,3,4). The van der Waals surface area contributed by atoms with Gasteiger partial charge in [-0.05, 0) is 12.0 Å². The fourth-order valence-corrected chi connectivity index (χ4v) is 2.03. The number of hydrogen-bond donors (Lipinski definition) is 4. The molecule has 0 amide bonds. The summed E-state index contributed by atoms with van der Waals surface area (Å²) in [5.41, 5.74) is 10.8. The van der Waals surface area contributed by atoms with E-state index in [1.807, 2.05) is 54.6 Å². The number of aliphatic carboxylic acids is 1. The van der Waals surface area contributed by atoms with Crippen LogP contribution < -0.4 is 11.2 Å². The van der Waals surface area contributed by atoms with Crippen LogP contribution in [0.5, 0.6) is 0 Å². The first-order valence-electron chi connectivity index (χ1n) is 8.00. The van der Waals surface area contributed by atoms with Crippen molar-refractivity contribution in [2.24, 2.45) is 5.73 Å². The van der Waals surface area contributed by atoms with Gasteiger partial charge in [-0.15, -0.1) is 0 Å². The molecule has 138 valence electrons. The molecule has 0 spiro atoms. The van der Waals surface area contributed by atoms with E-state index in [1.165, 1.54) is 5.01 Å². The van der Waals surface area contributed by atoms with E-state index < -0.39 is 5.97 Å². The molecular weight excluding hydrogens is 332 g/mol. The third kappa shape index (κ3) is 7.59. The van der Waals surface area contributed by atoms with E-state index in [0.717, 1.165) is 18.9 Å². The first-order chi connectivity index (χ1) is 12.3. The number of carboxylic acid groups (broad SMARTS) is 1.